The standard InChI is InChI=1S/C19H15N5O3/c1-13(15-4-2-14(10-20)3-5-15)22-19(25)16-11-21-23(12-16)17-6-8-18(9-7-17)24(26)27/h2-9,11-13H,1H3,(H,22,25). The molecule has 1 unspecified atom stereocenters. The average molecular weight is 361 g/mol. The van der Waals surface area contributed by atoms with Crippen molar-refractivity contribution < 1.29 is 9.72 Å². The zero-order valence-corrected chi connectivity index (χ0v) is 14.4. The van der Waals surface area contributed by atoms with Crippen molar-refractivity contribution in [2.24, 2.45) is 0 Å². The summed E-state index contributed by atoms with van der Waals surface area (Å²) in [6.07, 6.45) is 2.99. The Labute approximate surface area is 154 Å². The molecule has 0 aliphatic rings. The normalized spacial score (nSPS) is 11.4. The van der Waals surface area contributed by atoms with Crippen molar-refractivity contribution in [2.45, 2.75) is 13.0 Å². The number of nitriles is 1. The van der Waals surface area contributed by atoms with Crippen LogP contribution < -0.4 is 5.32 Å². The largest absolute Gasteiger partial charge is 0.345 e. The molecule has 0 aliphatic carbocycles. The van der Waals surface area contributed by atoms with Crippen LogP contribution in [0.2, 0.25) is 0 Å². The first-order valence-corrected chi connectivity index (χ1v) is 8.08. The van der Waals surface area contributed by atoms with E-state index in [-0.39, 0.29) is 17.6 Å². The van der Waals surface area contributed by atoms with Gasteiger partial charge in [0.2, 0.25) is 0 Å². The monoisotopic (exact) mass is 361 g/mol. The van der Waals surface area contributed by atoms with Gasteiger partial charge in [-0.2, -0.15) is 10.4 Å². The second-order valence-electron chi connectivity index (χ2n) is 5.88. The Morgan fingerprint density at radius 2 is 1.89 bits per heavy atom. The van der Waals surface area contributed by atoms with Gasteiger partial charge in [-0.25, -0.2) is 4.68 Å². The summed E-state index contributed by atoms with van der Waals surface area (Å²) < 4.78 is 1.48. The number of carbonyl (C=O) groups excluding carboxylic acids is 1. The molecular weight excluding hydrogens is 346 g/mol. The van der Waals surface area contributed by atoms with Crippen LogP contribution in [0, 0.1) is 21.4 Å². The van der Waals surface area contributed by atoms with E-state index in [0.717, 1.165) is 5.56 Å². The summed E-state index contributed by atoms with van der Waals surface area (Å²) in [4.78, 5) is 22.7. The summed E-state index contributed by atoms with van der Waals surface area (Å²) in [6.45, 7) is 1.85. The fourth-order valence-corrected chi connectivity index (χ4v) is 2.52. The third-order valence-corrected chi connectivity index (χ3v) is 4.06. The van der Waals surface area contributed by atoms with E-state index >= 15 is 0 Å². The van der Waals surface area contributed by atoms with Gasteiger partial charge in [0.05, 0.1) is 40.0 Å². The number of amides is 1. The number of nitrogens with one attached hydrogen (secondary N) is 1. The highest BCUT2D eigenvalue weighted by atomic mass is 16.6. The average Bonchev–Trinajstić information content (AvgIpc) is 3.18. The molecule has 27 heavy (non-hydrogen) atoms. The molecule has 0 saturated heterocycles. The molecule has 1 amide bonds. The van der Waals surface area contributed by atoms with Crippen LogP contribution in [0.1, 0.15) is 34.5 Å². The number of nitro benzene ring substituents is 1. The SMILES string of the molecule is CC(NC(=O)c1cnn(-c2ccc([N+](=O)[O-])cc2)c1)c1ccc(C#N)cc1. The summed E-state index contributed by atoms with van der Waals surface area (Å²) in [6, 6.07) is 14.7. The number of aromatic nitrogens is 2. The van der Waals surface area contributed by atoms with E-state index in [1.807, 2.05) is 6.92 Å². The molecule has 0 radical (unpaired) electrons. The summed E-state index contributed by atoms with van der Waals surface area (Å²) in [5, 5.41) is 26.6. The summed E-state index contributed by atoms with van der Waals surface area (Å²) in [5.74, 6) is -0.292. The second kappa shape index (κ2) is 7.49. The fraction of sp³-hybridized carbons (Fsp3) is 0.105. The van der Waals surface area contributed by atoms with E-state index < -0.39 is 4.92 Å². The van der Waals surface area contributed by atoms with Crippen molar-refractivity contribution in [1.29, 1.82) is 5.26 Å². The molecule has 0 spiro atoms. The molecule has 1 N–H and O–H groups in total. The summed E-state index contributed by atoms with van der Waals surface area (Å²) in [5.41, 5.74) is 2.40. The van der Waals surface area contributed by atoms with E-state index in [9.17, 15) is 14.9 Å². The predicted molar refractivity (Wildman–Crippen MR) is 97.3 cm³/mol. The topological polar surface area (TPSA) is 114 Å². The first kappa shape index (κ1) is 17.8. The number of benzene rings is 2. The number of non-ortho nitro benzene ring substituents is 1. The van der Waals surface area contributed by atoms with Crippen molar-refractivity contribution in [3.05, 3.63) is 87.7 Å². The molecule has 3 rings (SSSR count). The minimum Gasteiger partial charge on any atom is -0.345 e. The Morgan fingerprint density at radius 3 is 2.48 bits per heavy atom. The molecular formula is C19H15N5O3. The molecule has 1 aromatic heterocycles. The number of nitro groups is 1. The Bertz CT molecular complexity index is 1020. The van der Waals surface area contributed by atoms with Crippen LogP contribution in [0.25, 0.3) is 5.69 Å². The van der Waals surface area contributed by atoms with E-state index in [1.165, 1.54) is 23.0 Å². The summed E-state index contributed by atoms with van der Waals surface area (Å²) >= 11 is 0. The van der Waals surface area contributed by atoms with Gasteiger partial charge in [-0.1, -0.05) is 12.1 Å². The van der Waals surface area contributed by atoms with Crippen LogP contribution in [-0.4, -0.2) is 20.6 Å². The molecule has 8 heteroatoms. The van der Waals surface area contributed by atoms with Crippen LogP contribution >= 0.6 is 0 Å². The van der Waals surface area contributed by atoms with Crippen LogP contribution in [0.4, 0.5) is 5.69 Å². The fourth-order valence-electron chi connectivity index (χ4n) is 2.52. The Kier molecular flexibility index (Phi) is 4.95. The maximum Gasteiger partial charge on any atom is 0.269 e. The van der Waals surface area contributed by atoms with Crippen LogP contribution in [-0.2, 0) is 0 Å². The van der Waals surface area contributed by atoms with Crippen LogP contribution in [0.15, 0.2) is 60.9 Å². The summed E-state index contributed by atoms with van der Waals surface area (Å²) in [7, 11) is 0. The lowest BCUT2D eigenvalue weighted by Gasteiger charge is -2.13. The molecule has 2 aromatic carbocycles. The van der Waals surface area contributed by atoms with Crippen molar-refractivity contribution >= 4 is 11.6 Å². The molecule has 3 aromatic rings. The molecule has 1 heterocycles. The van der Waals surface area contributed by atoms with Crippen molar-refractivity contribution in [3.8, 4) is 11.8 Å². The molecule has 0 bridgehead atoms. The Morgan fingerprint density at radius 1 is 1.22 bits per heavy atom. The van der Waals surface area contributed by atoms with Crippen molar-refractivity contribution in [2.75, 3.05) is 0 Å². The Balaban J connectivity index is 1.70. The maximum absolute atomic E-state index is 12.4. The van der Waals surface area contributed by atoms with Crippen LogP contribution in [0.5, 0.6) is 0 Å². The van der Waals surface area contributed by atoms with Gasteiger partial charge in [0.25, 0.3) is 11.6 Å². The predicted octanol–water partition coefficient (Wildman–Crippen LogP) is 3.14. The van der Waals surface area contributed by atoms with E-state index in [1.54, 1.807) is 42.6 Å². The van der Waals surface area contributed by atoms with Gasteiger partial charge in [-0.05, 0) is 36.8 Å². The van der Waals surface area contributed by atoms with Crippen molar-refractivity contribution in [3.63, 3.8) is 0 Å². The number of rotatable bonds is 5. The first-order valence-electron chi connectivity index (χ1n) is 8.08. The zero-order chi connectivity index (χ0) is 19.4. The number of carbonyl (C=O) groups is 1. The van der Waals surface area contributed by atoms with E-state index in [2.05, 4.69) is 16.5 Å². The van der Waals surface area contributed by atoms with Gasteiger partial charge in [0.1, 0.15) is 0 Å². The number of nitrogens with zero attached hydrogens (tertiary/aromatic N) is 4. The maximum atomic E-state index is 12.4. The third-order valence-electron chi connectivity index (χ3n) is 4.06. The number of hydrogen-bond donors (Lipinski definition) is 1. The second-order valence-corrected chi connectivity index (χ2v) is 5.88. The third kappa shape index (κ3) is 3.99. The molecule has 0 fully saturated rings. The molecule has 0 saturated carbocycles. The first-order chi connectivity index (χ1) is 13.0. The quantitative estimate of drug-likeness (QED) is 0.554. The minimum atomic E-state index is -0.476. The zero-order valence-electron chi connectivity index (χ0n) is 14.4. The lowest BCUT2D eigenvalue weighted by molar-refractivity contribution is -0.384. The molecule has 0 aliphatic heterocycles. The smallest absolute Gasteiger partial charge is 0.269 e. The highest BCUT2D eigenvalue weighted by Gasteiger charge is 2.14. The van der Waals surface area contributed by atoms with Crippen LogP contribution in [0.3, 0.4) is 0 Å². The lowest BCUT2D eigenvalue weighted by Crippen LogP contribution is -2.26. The van der Waals surface area contributed by atoms with Crippen molar-refractivity contribution in [1.82, 2.24) is 15.1 Å². The molecule has 8 nitrogen and oxygen atoms in total. The highest BCUT2D eigenvalue weighted by Crippen LogP contribution is 2.17. The van der Waals surface area contributed by atoms with E-state index in [4.69, 9.17) is 5.26 Å². The van der Waals surface area contributed by atoms with Gasteiger partial charge < -0.3 is 5.32 Å². The van der Waals surface area contributed by atoms with Gasteiger partial charge in [-0.3, -0.25) is 14.9 Å². The minimum absolute atomic E-state index is 0.0138. The molecule has 134 valence electrons. The lowest BCUT2D eigenvalue weighted by atomic mass is 10.1. The number of hydrogen-bond acceptors (Lipinski definition) is 5. The van der Waals surface area contributed by atoms with Gasteiger partial charge in [0, 0.05) is 18.3 Å². The Hall–Kier alpha value is -3.99. The van der Waals surface area contributed by atoms with Gasteiger partial charge in [-0.15, -0.1) is 0 Å². The van der Waals surface area contributed by atoms with E-state index in [0.29, 0.717) is 16.8 Å². The molecule has 1 atom stereocenters. The highest BCUT2D eigenvalue weighted by molar-refractivity contribution is 5.94. The van der Waals surface area contributed by atoms with Gasteiger partial charge >= 0.3 is 0 Å². The van der Waals surface area contributed by atoms with Gasteiger partial charge in [0.15, 0.2) is 0 Å².